The molecule has 0 bridgehead atoms. The van der Waals surface area contributed by atoms with Gasteiger partial charge in [0.05, 0.1) is 0 Å². The van der Waals surface area contributed by atoms with Crippen molar-refractivity contribution < 1.29 is 13.2 Å². The number of nitrogens with zero attached hydrogens (tertiary/aromatic N) is 3. The Morgan fingerprint density at radius 3 is 2.59 bits per heavy atom. The molecule has 0 aliphatic rings. The second kappa shape index (κ2) is 4.03. The van der Waals surface area contributed by atoms with Crippen molar-refractivity contribution in [1.29, 1.82) is 0 Å². The normalized spacial score (nSPS) is 11.8. The van der Waals surface area contributed by atoms with Crippen molar-refractivity contribution in [3.05, 3.63) is 35.2 Å². The molecule has 0 N–H and O–H groups in total. The van der Waals surface area contributed by atoms with E-state index in [0.717, 1.165) is 4.68 Å². The highest BCUT2D eigenvalue weighted by molar-refractivity contribution is 6.30. The highest BCUT2D eigenvalue weighted by atomic mass is 35.5. The molecule has 17 heavy (non-hydrogen) atoms. The molecular formula is C10H7ClF3N3. The van der Waals surface area contributed by atoms with Crippen molar-refractivity contribution in [3.63, 3.8) is 0 Å². The number of hydrogen-bond donors (Lipinski definition) is 0. The van der Waals surface area contributed by atoms with Gasteiger partial charge in [0.2, 0.25) is 0 Å². The number of pyridine rings is 1. The Balaban J connectivity index is 2.67. The Morgan fingerprint density at radius 1 is 1.35 bits per heavy atom. The predicted molar refractivity (Wildman–Crippen MR) is 56.5 cm³/mol. The molecule has 0 atom stereocenters. The van der Waals surface area contributed by atoms with Crippen LogP contribution in [0.2, 0.25) is 5.15 Å². The van der Waals surface area contributed by atoms with Gasteiger partial charge in [-0.1, -0.05) is 11.6 Å². The lowest BCUT2D eigenvalue weighted by molar-refractivity contribution is -0.137. The second-order valence-electron chi connectivity index (χ2n) is 3.38. The molecule has 2 rings (SSSR count). The Labute approximate surface area is 99.8 Å². The minimum atomic E-state index is -4.55. The molecule has 90 valence electrons. The van der Waals surface area contributed by atoms with E-state index in [1.807, 2.05) is 0 Å². The summed E-state index contributed by atoms with van der Waals surface area (Å²) in [7, 11) is 1.36. The van der Waals surface area contributed by atoms with Crippen LogP contribution in [0.15, 0.2) is 24.5 Å². The molecule has 0 spiro atoms. The largest absolute Gasteiger partial charge is 0.421 e. The van der Waals surface area contributed by atoms with Gasteiger partial charge < -0.3 is 0 Å². The average Bonchev–Trinajstić information content (AvgIpc) is 2.56. The zero-order chi connectivity index (χ0) is 12.6. The number of halogens is 4. The molecule has 7 heteroatoms. The van der Waals surface area contributed by atoms with Crippen LogP contribution in [0, 0.1) is 0 Å². The van der Waals surface area contributed by atoms with Crippen molar-refractivity contribution in [2.75, 3.05) is 0 Å². The Morgan fingerprint density at radius 2 is 2.06 bits per heavy atom. The summed E-state index contributed by atoms with van der Waals surface area (Å²) in [5.74, 6) is 0. The minimum Gasteiger partial charge on any atom is -0.264 e. The molecule has 2 aromatic rings. The first-order valence-electron chi connectivity index (χ1n) is 4.61. The minimum absolute atomic E-state index is 0.210. The summed E-state index contributed by atoms with van der Waals surface area (Å²) in [6.45, 7) is 0. The van der Waals surface area contributed by atoms with Crippen LogP contribution in [0.4, 0.5) is 13.2 Å². The third-order valence-corrected chi connectivity index (χ3v) is 2.63. The van der Waals surface area contributed by atoms with E-state index < -0.39 is 16.9 Å². The van der Waals surface area contributed by atoms with Crippen LogP contribution >= 0.6 is 11.6 Å². The third-order valence-electron chi connectivity index (χ3n) is 2.20. The van der Waals surface area contributed by atoms with E-state index in [1.165, 1.54) is 31.6 Å². The van der Waals surface area contributed by atoms with E-state index in [0.29, 0.717) is 0 Å². The predicted octanol–water partition coefficient (Wildman–Crippen LogP) is 3.15. The van der Waals surface area contributed by atoms with E-state index in [4.69, 9.17) is 11.6 Å². The monoisotopic (exact) mass is 261 g/mol. The van der Waals surface area contributed by atoms with Gasteiger partial charge in [0.15, 0.2) is 0 Å². The summed E-state index contributed by atoms with van der Waals surface area (Å²) < 4.78 is 39.5. The van der Waals surface area contributed by atoms with Crippen molar-refractivity contribution in [1.82, 2.24) is 14.8 Å². The molecule has 0 aliphatic carbocycles. The third kappa shape index (κ3) is 2.12. The van der Waals surface area contributed by atoms with Gasteiger partial charge in [-0.05, 0) is 12.1 Å². The maximum Gasteiger partial charge on any atom is 0.421 e. The number of aromatic nitrogens is 3. The van der Waals surface area contributed by atoms with Crippen LogP contribution in [-0.2, 0) is 13.2 Å². The fraction of sp³-hybridized carbons (Fsp3) is 0.200. The standard InChI is InChI=1S/C10H7ClF3N3/c1-17-9(11)7(10(12,13)14)8(16-17)6-3-2-4-15-5-6/h2-5H,1H3. The lowest BCUT2D eigenvalue weighted by atomic mass is 10.1. The highest BCUT2D eigenvalue weighted by Crippen LogP contribution is 2.40. The van der Waals surface area contributed by atoms with E-state index >= 15 is 0 Å². The van der Waals surface area contributed by atoms with E-state index in [-0.39, 0.29) is 11.3 Å². The number of alkyl halides is 3. The first-order valence-corrected chi connectivity index (χ1v) is 4.99. The van der Waals surface area contributed by atoms with Gasteiger partial charge in [-0.2, -0.15) is 18.3 Å². The van der Waals surface area contributed by atoms with Crippen molar-refractivity contribution >= 4 is 11.6 Å². The van der Waals surface area contributed by atoms with Crippen LogP contribution in [-0.4, -0.2) is 14.8 Å². The maximum absolute atomic E-state index is 12.8. The molecule has 0 fully saturated rings. The van der Waals surface area contributed by atoms with Gasteiger partial charge in [0.1, 0.15) is 16.4 Å². The summed E-state index contributed by atoms with van der Waals surface area (Å²) in [6.07, 6.45) is -1.76. The topological polar surface area (TPSA) is 30.7 Å². The summed E-state index contributed by atoms with van der Waals surface area (Å²) in [4.78, 5) is 3.76. The average molecular weight is 262 g/mol. The van der Waals surface area contributed by atoms with Gasteiger partial charge in [-0.25, -0.2) is 0 Å². The van der Waals surface area contributed by atoms with E-state index in [1.54, 1.807) is 0 Å². The SMILES string of the molecule is Cn1nc(-c2cccnc2)c(C(F)(F)F)c1Cl. The molecule has 0 amide bonds. The Bertz CT molecular complexity index is 534. The number of aryl methyl sites for hydroxylation is 1. The zero-order valence-corrected chi connectivity index (χ0v) is 9.42. The van der Waals surface area contributed by atoms with Crippen molar-refractivity contribution in [2.24, 2.45) is 7.05 Å². The molecule has 0 aliphatic heterocycles. The van der Waals surface area contributed by atoms with Gasteiger partial charge >= 0.3 is 6.18 Å². The summed E-state index contributed by atoms with van der Waals surface area (Å²) in [5.41, 5.74) is -0.866. The maximum atomic E-state index is 12.8. The quantitative estimate of drug-likeness (QED) is 0.789. The molecule has 0 radical (unpaired) electrons. The fourth-order valence-electron chi connectivity index (χ4n) is 1.46. The van der Waals surface area contributed by atoms with Crippen LogP contribution < -0.4 is 0 Å². The molecule has 2 aromatic heterocycles. The molecule has 3 nitrogen and oxygen atoms in total. The summed E-state index contributed by atoms with van der Waals surface area (Å²) in [6, 6.07) is 3.04. The number of rotatable bonds is 1. The van der Waals surface area contributed by atoms with E-state index in [9.17, 15) is 13.2 Å². The van der Waals surface area contributed by atoms with Gasteiger partial charge in [0, 0.05) is 25.0 Å². The smallest absolute Gasteiger partial charge is 0.264 e. The highest BCUT2D eigenvalue weighted by Gasteiger charge is 2.39. The van der Waals surface area contributed by atoms with Crippen LogP contribution in [0.25, 0.3) is 11.3 Å². The van der Waals surface area contributed by atoms with Crippen molar-refractivity contribution in [2.45, 2.75) is 6.18 Å². The molecular weight excluding hydrogens is 255 g/mol. The zero-order valence-electron chi connectivity index (χ0n) is 8.66. The number of hydrogen-bond acceptors (Lipinski definition) is 2. The lowest BCUT2D eigenvalue weighted by Crippen LogP contribution is -2.06. The first-order chi connectivity index (χ1) is 7.91. The van der Waals surface area contributed by atoms with Crippen molar-refractivity contribution in [3.8, 4) is 11.3 Å². The molecule has 0 aromatic carbocycles. The fourth-order valence-corrected chi connectivity index (χ4v) is 1.69. The molecule has 0 unspecified atom stereocenters. The first kappa shape index (κ1) is 11.9. The Kier molecular flexibility index (Phi) is 2.82. The van der Waals surface area contributed by atoms with E-state index in [2.05, 4.69) is 10.1 Å². The summed E-state index contributed by atoms with van der Waals surface area (Å²) in [5, 5.41) is 3.34. The molecule has 2 heterocycles. The second-order valence-corrected chi connectivity index (χ2v) is 3.74. The van der Waals surface area contributed by atoms with Gasteiger partial charge in [0.25, 0.3) is 0 Å². The summed E-state index contributed by atoms with van der Waals surface area (Å²) >= 11 is 5.61. The van der Waals surface area contributed by atoms with Gasteiger partial charge in [-0.15, -0.1) is 0 Å². The van der Waals surface area contributed by atoms with Crippen LogP contribution in [0.1, 0.15) is 5.56 Å². The van der Waals surface area contributed by atoms with Crippen LogP contribution in [0.5, 0.6) is 0 Å². The van der Waals surface area contributed by atoms with Gasteiger partial charge in [-0.3, -0.25) is 9.67 Å². The Hall–Kier alpha value is -1.56. The lowest BCUT2D eigenvalue weighted by Gasteiger charge is -2.06. The molecule has 0 saturated heterocycles. The molecule has 0 saturated carbocycles. The van der Waals surface area contributed by atoms with Crippen LogP contribution in [0.3, 0.4) is 0 Å².